The zero-order valence-corrected chi connectivity index (χ0v) is 20.6. The molecular weight excluding hydrogens is 468 g/mol. The fourth-order valence-corrected chi connectivity index (χ4v) is 4.31. The van der Waals surface area contributed by atoms with Gasteiger partial charge in [0, 0.05) is 33.4 Å². The average molecular weight is 499 g/mol. The van der Waals surface area contributed by atoms with Gasteiger partial charge in [-0.2, -0.15) is 0 Å². The first kappa shape index (κ1) is 27.5. The molecule has 11 heteroatoms. The number of hydrogen-bond acceptors (Lipinski definition) is 11. The molecule has 0 saturated carbocycles. The van der Waals surface area contributed by atoms with E-state index >= 15 is 0 Å². The van der Waals surface area contributed by atoms with Crippen molar-refractivity contribution in [2.45, 2.75) is 64.5 Å². The zero-order chi connectivity index (χ0) is 25.3. The summed E-state index contributed by atoms with van der Waals surface area (Å²) in [6, 6.07) is 7.58. The maximum absolute atomic E-state index is 11.8. The van der Waals surface area contributed by atoms with E-state index in [1.54, 1.807) is 0 Å². The van der Waals surface area contributed by atoms with E-state index in [2.05, 4.69) is 0 Å². The van der Waals surface area contributed by atoms with Crippen LogP contribution in [0, 0.1) is 6.92 Å². The summed E-state index contributed by atoms with van der Waals surface area (Å²) in [5.74, 6) is -1.40. The normalized spacial score (nSPS) is 24.0. The summed E-state index contributed by atoms with van der Waals surface area (Å²) in [6.07, 6.45) is -4.37. The molecule has 188 valence electrons. The highest BCUT2D eigenvalue weighted by atomic mass is 32.2. The van der Waals surface area contributed by atoms with Crippen LogP contribution in [0.3, 0.4) is 0 Å². The van der Waals surface area contributed by atoms with Crippen LogP contribution in [0.2, 0.25) is 0 Å². The van der Waals surface area contributed by atoms with Gasteiger partial charge in [-0.3, -0.25) is 19.2 Å². The van der Waals surface area contributed by atoms with Gasteiger partial charge in [0.15, 0.2) is 18.3 Å². The second kappa shape index (κ2) is 13.2. The standard InChI is InChI=1S/C23H30O10S/c1-13-6-8-18(9-7-13)28-10-11-34-23-22(32-17(5)27)21(31-16(4)26)20(30-15(3)25)19(33-23)12-29-14(2)24/h6-9,19-23H,10-12H2,1-5H3/t19-,20-,21+,22+,23+/m0/s1. The van der Waals surface area contributed by atoms with E-state index in [0.717, 1.165) is 5.56 Å². The summed E-state index contributed by atoms with van der Waals surface area (Å²) >= 11 is 1.26. The number of ether oxygens (including phenoxy) is 6. The topological polar surface area (TPSA) is 124 Å². The van der Waals surface area contributed by atoms with E-state index in [1.807, 2.05) is 31.2 Å². The Kier molecular flexibility index (Phi) is 10.6. The number of benzene rings is 1. The minimum absolute atomic E-state index is 0.255. The number of esters is 4. The van der Waals surface area contributed by atoms with Crippen LogP contribution in [0.4, 0.5) is 0 Å². The molecule has 1 aromatic rings. The first-order valence-electron chi connectivity index (χ1n) is 10.7. The second-order valence-corrected chi connectivity index (χ2v) is 8.81. The van der Waals surface area contributed by atoms with Gasteiger partial charge in [0.25, 0.3) is 0 Å². The molecule has 0 amide bonds. The van der Waals surface area contributed by atoms with Gasteiger partial charge in [0.1, 0.15) is 23.9 Å². The number of aryl methyl sites for hydroxylation is 1. The molecule has 0 aromatic heterocycles. The van der Waals surface area contributed by atoms with E-state index in [-0.39, 0.29) is 6.61 Å². The Balaban J connectivity index is 2.20. The van der Waals surface area contributed by atoms with Crippen LogP contribution in [0.1, 0.15) is 33.3 Å². The van der Waals surface area contributed by atoms with Crippen LogP contribution < -0.4 is 4.74 Å². The first-order chi connectivity index (χ1) is 16.1. The second-order valence-electron chi connectivity index (χ2n) is 7.60. The highest BCUT2D eigenvalue weighted by Crippen LogP contribution is 2.34. The SMILES string of the molecule is CC(=O)OC[C@@H]1O[C@H](SCCOc2ccc(C)cc2)[C@H](OC(C)=O)[C@H](OC(C)=O)[C@H]1OC(C)=O. The Hall–Kier alpha value is -2.79. The fourth-order valence-electron chi connectivity index (χ4n) is 3.28. The molecule has 5 atom stereocenters. The summed E-state index contributed by atoms with van der Waals surface area (Å²) < 4.78 is 33.0. The lowest BCUT2D eigenvalue weighted by molar-refractivity contribution is -0.237. The molecule has 0 spiro atoms. The van der Waals surface area contributed by atoms with Gasteiger partial charge in [-0.15, -0.1) is 11.8 Å². The van der Waals surface area contributed by atoms with Crippen LogP contribution in [-0.4, -0.2) is 72.7 Å². The maximum atomic E-state index is 11.8. The highest BCUT2D eigenvalue weighted by molar-refractivity contribution is 7.99. The lowest BCUT2D eigenvalue weighted by Crippen LogP contribution is -2.61. The van der Waals surface area contributed by atoms with Gasteiger partial charge in [-0.25, -0.2) is 0 Å². The summed E-state index contributed by atoms with van der Waals surface area (Å²) in [7, 11) is 0. The lowest BCUT2D eigenvalue weighted by atomic mass is 9.99. The molecule has 2 rings (SSSR count). The van der Waals surface area contributed by atoms with E-state index in [0.29, 0.717) is 18.1 Å². The zero-order valence-electron chi connectivity index (χ0n) is 19.8. The van der Waals surface area contributed by atoms with Crippen molar-refractivity contribution in [3.8, 4) is 5.75 Å². The van der Waals surface area contributed by atoms with Crippen LogP contribution in [0.25, 0.3) is 0 Å². The maximum Gasteiger partial charge on any atom is 0.303 e. The van der Waals surface area contributed by atoms with Crippen molar-refractivity contribution in [2.24, 2.45) is 0 Å². The molecule has 0 aliphatic carbocycles. The smallest absolute Gasteiger partial charge is 0.303 e. The fraction of sp³-hybridized carbons (Fsp3) is 0.565. The third-order valence-electron chi connectivity index (χ3n) is 4.60. The van der Waals surface area contributed by atoms with E-state index in [1.165, 1.54) is 39.5 Å². The van der Waals surface area contributed by atoms with E-state index in [4.69, 9.17) is 28.4 Å². The van der Waals surface area contributed by atoms with Crippen molar-refractivity contribution in [3.05, 3.63) is 29.8 Å². The lowest BCUT2D eigenvalue weighted by Gasteiger charge is -2.44. The average Bonchev–Trinajstić information content (AvgIpc) is 2.74. The van der Waals surface area contributed by atoms with Gasteiger partial charge in [0.2, 0.25) is 0 Å². The number of thioether (sulfide) groups is 1. The summed E-state index contributed by atoms with van der Waals surface area (Å²) in [5.41, 5.74) is 0.293. The largest absolute Gasteiger partial charge is 0.493 e. The van der Waals surface area contributed by atoms with Gasteiger partial charge in [-0.05, 0) is 19.1 Å². The van der Waals surface area contributed by atoms with Crippen molar-refractivity contribution in [3.63, 3.8) is 0 Å². The molecule has 0 bridgehead atoms. The van der Waals surface area contributed by atoms with Gasteiger partial charge in [0.05, 0.1) is 6.61 Å². The van der Waals surface area contributed by atoms with Crippen molar-refractivity contribution in [1.29, 1.82) is 0 Å². The van der Waals surface area contributed by atoms with Gasteiger partial charge < -0.3 is 28.4 Å². The number of carbonyl (C=O) groups is 4. The molecule has 1 aromatic carbocycles. The quantitative estimate of drug-likeness (QED) is 0.268. The van der Waals surface area contributed by atoms with Gasteiger partial charge in [-0.1, -0.05) is 17.7 Å². The number of rotatable bonds is 10. The van der Waals surface area contributed by atoms with Crippen LogP contribution in [-0.2, 0) is 42.9 Å². The van der Waals surface area contributed by atoms with Crippen molar-refractivity contribution in [2.75, 3.05) is 19.0 Å². The van der Waals surface area contributed by atoms with Crippen molar-refractivity contribution in [1.82, 2.24) is 0 Å². The number of hydrogen-bond donors (Lipinski definition) is 0. The van der Waals surface area contributed by atoms with Crippen LogP contribution >= 0.6 is 11.8 Å². The summed E-state index contributed by atoms with van der Waals surface area (Å²) in [5, 5.41) is 0. The van der Waals surface area contributed by atoms with E-state index in [9.17, 15) is 19.2 Å². The molecule has 1 aliphatic heterocycles. The Labute approximate surface area is 202 Å². The van der Waals surface area contributed by atoms with Crippen molar-refractivity contribution < 1.29 is 47.6 Å². The Morgan fingerprint density at radius 3 is 1.94 bits per heavy atom. The van der Waals surface area contributed by atoms with Gasteiger partial charge >= 0.3 is 23.9 Å². The highest BCUT2D eigenvalue weighted by Gasteiger charge is 2.52. The van der Waals surface area contributed by atoms with Crippen molar-refractivity contribution >= 4 is 35.6 Å². The minimum atomic E-state index is -1.17. The molecule has 1 heterocycles. The third-order valence-corrected chi connectivity index (χ3v) is 5.71. The van der Waals surface area contributed by atoms with E-state index < -0.39 is 53.7 Å². The Morgan fingerprint density at radius 1 is 0.824 bits per heavy atom. The van der Waals surface area contributed by atoms with Crippen LogP contribution in [0.15, 0.2) is 24.3 Å². The Morgan fingerprint density at radius 2 is 1.38 bits per heavy atom. The molecule has 34 heavy (non-hydrogen) atoms. The molecule has 0 unspecified atom stereocenters. The molecule has 1 fully saturated rings. The third kappa shape index (κ3) is 8.86. The molecule has 1 saturated heterocycles. The summed E-state index contributed by atoms with van der Waals surface area (Å²) in [6.45, 7) is 6.84. The number of carbonyl (C=O) groups excluding carboxylic acids is 4. The van der Waals surface area contributed by atoms with Crippen LogP contribution in [0.5, 0.6) is 5.75 Å². The predicted molar refractivity (Wildman–Crippen MR) is 121 cm³/mol. The molecule has 0 radical (unpaired) electrons. The predicted octanol–water partition coefficient (Wildman–Crippen LogP) is 2.19. The Bertz CT molecular complexity index is 856. The summed E-state index contributed by atoms with van der Waals surface area (Å²) in [4.78, 5) is 46.8. The monoisotopic (exact) mass is 498 g/mol. The molecule has 0 N–H and O–H groups in total. The minimum Gasteiger partial charge on any atom is -0.493 e. The molecule has 10 nitrogen and oxygen atoms in total. The molecule has 1 aliphatic rings. The first-order valence-corrected chi connectivity index (χ1v) is 11.7. The molecular formula is C23H30O10S.